The van der Waals surface area contributed by atoms with Gasteiger partial charge in [-0.1, -0.05) is 13.0 Å². The van der Waals surface area contributed by atoms with Crippen molar-refractivity contribution < 1.29 is 13.2 Å². The molecule has 3 rings (SSSR count). The van der Waals surface area contributed by atoms with E-state index in [4.69, 9.17) is 4.74 Å². The van der Waals surface area contributed by atoms with Crippen molar-refractivity contribution in [3.05, 3.63) is 17.5 Å². The molecule has 0 saturated carbocycles. The van der Waals surface area contributed by atoms with Gasteiger partial charge in [-0.15, -0.1) is 11.3 Å². The van der Waals surface area contributed by atoms with Crippen LogP contribution in [0.3, 0.4) is 0 Å². The number of hydrogen-bond acceptors (Lipinski definition) is 5. The summed E-state index contributed by atoms with van der Waals surface area (Å²) < 4.78 is 33.2. The van der Waals surface area contributed by atoms with Gasteiger partial charge in [-0.3, -0.25) is 0 Å². The van der Waals surface area contributed by atoms with Gasteiger partial charge in [-0.2, -0.15) is 4.31 Å². The summed E-state index contributed by atoms with van der Waals surface area (Å²) >= 11 is 1.28. The molecule has 21 heavy (non-hydrogen) atoms. The summed E-state index contributed by atoms with van der Waals surface area (Å²) in [4.78, 5) is 2.40. The van der Waals surface area contributed by atoms with E-state index in [0.717, 1.165) is 26.1 Å². The van der Waals surface area contributed by atoms with E-state index in [9.17, 15) is 8.42 Å². The van der Waals surface area contributed by atoms with E-state index >= 15 is 0 Å². The van der Waals surface area contributed by atoms with Crippen molar-refractivity contribution in [2.75, 3.05) is 39.3 Å². The van der Waals surface area contributed by atoms with Crippen LogP contribution in [0.5, 0.6) is 0 Å². The lowest BCUT2D eigenvalue weighted by atomic mass is 9.94. The van der Waals surface area contributed by atoms with Crippen molar-refractivity contribution in [3.63, 3.8) is 0 Å². The second-order valence-electron chi connectivity index (χ2n) is 5.65. The number of piperidine rings is 1. The van der Waals surface area contributed by atoms with Gasteiger partial charge >= 0.3 is 0 Å². The molecule has 2 saturated heterocycles. The standard InChI is InChI=1S/C14H22N2O3S2/c1-2-15-7-8-19-13-11-16(6-5-12(13)10-15)21(17,18)14-4-3-9-20-14/h3-4,9,12-13H,2,5-8,10-11H2,1H3/t12-,13+/m1/s1. The minimum absolute atomic E-state index is 0.0324. The van der Waals surface area contributed by atoms with Crippen molar-refractivity contribution in [1.82, 2.24) is 9.21 Å². The molecule has 5 nitrogen and oxygen atoms in total. The number of sulfonamides is 1. The summed E-state index contributed by atoms with van der Waals surface area (Å²) in [5.41, 5.74) is 0. The maximum atomic E-state index is 12.6. The van der Waals surface area contributed by atoms with Gasteiger partial charge in [0, 0.05) is 32.1 Å². The molecule has 0 unspecified atom stereocenters. The van der Waals surface area contributed by atoms with Crippen LogP contribution in [0.15, 0.2) is 21.7 Å². The molecule has 7 heteroatoms. The first-order valence-electron chi connectivity index (χ1n) is 7.49. The van der Waals surface area contributed by atoms with Crippen LogP contribution in [0.25, 0.3) is 0 Å². The van der Waals surface area contributed by atoms with Crippen LogP contribution in [0, 0.1) is 5.92 Å². The Hall–Kier alpha value is -0.470. The lowest BCUT2D eigenvalue weighted by molar-refractivity contribution is -0.00185. The zero-order valence-electron chi connectivity index (χ0n) is 12.3. The molecule has 0 amide bonds. The molecule has 0 aromatic carbocycles. The first-order valence-corrected chi connectivity index (χ1v) is 9.81. The maximum Gasteiger partial charge on any atom is 0.252 e. The Balaban J connectivity index is 1.73. The van der Waals surface area contributed by atoms with Crippen molar-refractivity contribution in [3.8, 4) is 0 Å². The highest BCUT2D eigenvalue weighted by atomic mass is 32.2. The first-order chi connectivity index (χ1) is 10.1. The molecule has 2 aliphatic heterocycles. The Labute approximate surface area is 130 Å². The molecule has 0 bridgehead atoms. The molecule has 2 aliphatic rings. The third-order valence-corrected chi connectivity index (χ3v) is 7.67. The lowest BCUT2D eigenvalue weighted by Gasteiger charge is -2.37. The summed E-state index contributed by atoms with van der Waals surface area (Å²) in [6, 6.07) is 3.46. The van der Waals surface area contributed by atoms with Gasteiger partial charge in [0.05, 0.1) is 12.7 Å². The van der Waals surface area contributed by atoms with Gasteiger partial charge < -0.3 is 9.64 Å². The lowest BCUT2D eigenvalue weighted by Crippen LogP contribution is -2.48. The fourth-order valence-corrected chi connectivity index (χ4v) is 5.75. The SMILES string of the molecule is CCN1CCO[C@H]2CN(S(=O)(=O)c3cccs3)CC[C@@H]2C1. The molecule has 2 fully saturated rings. The summed E-state index contributed by atoms with van der Waals surface area (Å²) in [5.74, 6) is 0.447. The van der Waals surface area contributed by atoms with E-state index in [1.165, 1.54) is 11.3 Å². The van der Waals surface area contributed by atoms with Crippen LogP contribution in [0.4, 0.5) is 0 Å². The van der Waals surface area contributed by atoms with E-state index in [1.54, 1.807) is 21.8 Å². The highest BCUT2D eigenvalue weighted by Crippen LogP contribution is 2.29. The summed E-state index contributed by atoms with van der Waals surface area (Å²) in [6.45, 7) is 6.95. The van der Waals surface area contributed by atoms with Crippen molar-refractivity contribution in [1.29, 1.82) is 0 Å². The molecule has 0 radical (unpaired) electrons. The zero-order chi connectivity index (χ0) is 14.9. The van der Waals surface area contributed by atoms with Crippen LogP contribution in [-0.2, 0) is 14.8 Å². The van der Waals surface area contributed by atoms with Crippen molar-refractivity contribution in [2.24, 2.45) is 5.92 Å². The van der Waals surface area contributed by atoms with Gasteiger partial charge in [0.25, 0.3) is 10.0 Å². The maximum absolute atomic E-state index is 12.6. The highest BCUT2D eigenvalue weighted by Gasteiger charge is 2.38. The topological polar surface area (TPSA) is 49.9 Å². The predicted octanol–water partition coefficient (Wildman–Crippen LogP) is 1.48. The minimum atomic E-state index is -3.34. The Morgan fingerprint density at radius 1 is 1.38 bits per heavy atom. The van der Waals surface area contributed by atoms with Gasteiger partial charge in [0.1, 0.15) is 4.21 Å². The largest absolute Gasteiger partial charge is 0.375 e. The highest BCUT2D eigenvalue weighted by molar-refractivity contribution is 7.91. The molecular formula is C14H22N2O3S2. The number of fused-ring (bicyclic) bond motifs is 1. The minimum Gasteiger partial charge on any atom is -0.375 e. The van der Waals surface area contributed by atoms with Crippen LogP contribution in [-0.4, -0.2) is 63.1 Å². The second-order valence-corrected chi connectivity index (χ2v) is 8.76. The van der Waals surface area contributed by atoms with Crippen LogP contribution >= 0.6 is 11.3 Å². The van der Waals surface area contributed by atoms with Gasteiger partial charge in [-0.05, 0) is 24.4 Å². The first kappa shape index (κ1) is 15.4. The van der Waals surface area contributed by atoms with Gasteiger partial charge in [0.2, 0.25) is 0 Å². The normalized spacial score (nSPS) is 29.0. The Morgan fingerprint density at radius 3 is 2.95 bits per heavy atom. The molecule has 1 aromatic heterocycles. The fraction of sp³-hybridized carbons (Fsp3) is 0.714. The molecule has 0 spiro atoms. The average Bonchev–Trinajstić information content (AvgIpc) is 2.94. The number of ether oxygens (including phenoxy) is 1. The number of hydrogen-bond donors (Lipinski definition) is 0. The molecular weight excluding hydrogens is 308 g/mol. The van der Waals surface area contributed by atoms with Crippen molar-refractivity contribution in [2.45, 2.75) is 23.7 Å². The Morgan fingerprint density at radius 2 is 2.24 bits per heavy atom. The van der Waals surface area contributed by atoms with E-state index < -0.39 is 10.0 Å². The smallest absolute Gasteiger partial charge is 0.252 e. The quantitative estimate of drug-likeness (QED) is 0.842. The monoisotopic (exact) mass is 330 g/mol. The Bertz CT molecular complexity index is 559. The second kappa shape index (κ2) is 6.34. The van der Waals surface area contributed by atoms with E-state index in [2.05, 4.69) is 11.8 Å². The van der Waals surface area contributed by atoms with E-state index in [-0.39, 0.29) is 6.10 Å². The molecule has 118 valence electrons. The van der Waals surface area contributed by atoms with E-state index in [0.29, 0.717) is 29.8 Å². The molecule has 0 N–H and O–H groups in total. The van der Waals surface area contributed by atoms with Crippen LogP contribution in [0.1, 0.15) is 13.3 Å². The number of rotatable bonds is 3. The van der Waals surface area contributed by atoms with Crippen LogP contribution < -0.4 is 0 Å². The molecule has 3 heterocycles. The van der Waals surface area contributed by atoms with Gasteiger partial charge in [0.15, 0.2) is 0 Å². The summed E-state index contributed by atoms with van der Waals surface area (Å²) in [5, 5.41) is 1.81. The number of likely N-dealkylation sites (N-methyl/N-ethyl adjacent to an activating group) is 1. The predicted molar refractivity (Wildman–Crippen MR) is 83.0 cm³/mol. The third kappa shape index (κ3) is 3.17. The summed E-state index contributed by atoms with van der Waals surface area (Å²) in [7, 11) is -3.34. The molecule has 1 aromatic rings. The average molecular weight is 330 g/mol. The Kier molecular flexibility index (Phi) is 4.66. The van der Waals surface area contributed by atoms with Gasteiger partial charge in [-0.25, -0.2) is 8.42 Å². The zero-order valence-corrected chi connectivity index (χ0v) is 13.9. The van der Waals surface area contributed by atoms with Crippen molar-refractivity contribution >= 4 is 21.4 Å². The van der Waals surface area contributed by atoms with Crippen LogP contribution in [0.2, 0.25) is 0 Å². The number of nitrogens with zero attached hydrogens (tertiary/aromatic N) is 2. The third-order valence-electron chi connectivity index (χ3n) is 4.43. The fourth-order valence-electron chi connectivity index (χ4n) is 3.13. The van der Waals surface area contributed by atoms with E-state index in [1.807, 2.05) is 0 Å². The summed E-state index contributed by atoms with van der Waals surface area (Å²) in [6.07, 6.45) is 0.913. The number of thiophene rings is 1. The molecule has 2 atom stereocenters. The molecule has 0 aliphatic carbocycles.